The van der Waals surface area contributed by atoms with Gasteiger partial charge in [-0.1, -0.05) is 110 Å². The normalized spacial score (nSPS) is 14.0. The van der Waals surface area contributed by atoms with Crippen LogP contribution in [0.3, 0.4) is 0 Å². The van der Waals surface area contributed by atoms with Gasteiger partial charge in [0.25, 0.3) is 15.6 Å². The predicted octanol–water partition coefficient (Wildman–Crippen LogP) is 8.72. The summed E-state index contributed by atoms with van der Waals surface area (Å²) in [6, 6.07) is 42.8. The van der Waals surface area contributed by atoms with E-state index in [2.05, 4.69) is 60.4 Å². The lowest BCUT2D eigenvalue weighted by molar-refractivity contribution is -0.673. The molecule has 0 aliphatic carbocycles. The number of aryl methyl sites for hydroxylation is 1. The highest BCUT2D eigenvalue weighted by Crippen LogP contribution is 2.42. The lowest BCUT2D eigenvalue weighted by Crippen LogP contribution is -2.38. The monoisotopic (exact) mass is 669 g/mol. The first-order valence-corrected chi connectivity index (χ1v) is 18.0. The quantitative estimate of drug-likeness (QED) is 0.110. The van der Waals surface area contributed by atoms with Crippen LogP contribution in [-0.4, -0.2) is 25.3 Å². The molecule has 0 amide bonds. The summed E-state index contributed by atoms with van der Waals surface area (Å²) in [7, 11) is -4.21. The first-order valence-electron chi connectivity index (χ1n) is 16.4. The molecule has 0 saturated heterocycles. The van der Waals surface area contributed by atoms with Gasteiger partial charge in [0.2, 0.25) is 11.5 Å². The van der Waals surface area contributed by atoms with E-state index in [0.717, 1.165) is 51.2 Å². The van der Waals surface area contributed by atoms with Crippen LogP contribution in [0.2, 0.25) is 0 Å². The number of hydrogen-bond acceptors (Lipinski definition) is 5. The van der Waals surface area contributed by atoms with E-state index < -0.39 is 15.9 Å². The summed E-state index contributed by atoms with van der Waals surface area (Å²) in [5, 5.41) is 0. The minimum absolute atomic E-state index is 0.0247. The molecule has 0 radical (unpaired) electrons. The van der Waals surface area contributed by atoms with Gasteiger partial charge in [-0.15, -0.1) is 0 Å². The zero-order valence-electron chi connectivity index (χ0n) is 27.2. The number of rotatable bonds is 11. The van der Waals surface area contributed by atoms with Gasteiger partial charge in [-0.3, -0.25) is 4.55 Å². The topological polar surface area (TPSA) is 83.9 Å². The highest BCUT2D eigenvalue weighted by molar-refractivity contribution is 7.85. The molecular weight excluding hydrogens is 633 g/mol. The van der Waals surface area contributed by atoms with Crippen molar-refractivity contribution in [2.24, 2.45) is 0 Å². The number of anilines is 1. The lowest BCUT2D eigenvalue weighted by Gasteiger charge is -2.19. The minimum atomic E-state index is -4.21. The van der Waals surface area contributed by atoms with Crippen molar-refractivity contribution in [1.29, 1.82) is 0 Å². The number of allylic oxidation sites excluding steroid dienone is 2. The number of oxazole rings is 1. The summed E-state index contributed by atoms with van der Waals surface area (Å²) in [5.41, 5.74) is 8.77. The van der Waals surface area contributed by atoms with Crippen molar-refractivity contribution in [2.75, 3.05) is 17.2 Å². The van der Waals surface area contributed by atoms with Gasteiger partial charge >= 0.3 is 5.89 Å². The third kappa shape index (κ3) is 7.36. The smallest absolute Gasteiger partial charge is 0.374 e. The van der Waals surface area contributed by atoms with Crippen molar-refractivity contribution in [1.82, 2.24) is 0 Å². The summed E-state index contributed by atoms with van der Waals surface area (Å²) < 4.78 is 48.0. The predicted molar refractivity (Wildman–Crippen MR) is 195 cm³/mol. The summed E-state index contributed by atoms with van der Waals surface area (Å²) in [6.45, 7) is 2.79. The molecule has 0 unspecified atom stereocenters. The fourth-order valence-corrected chi connectivity index (χ4v) is 6.57. The third-order valence-corrected chi connectivity index (χ3v) is 9.44. The molecular formula is C41H37N2O5S+. The molecule has 0 bridgehead atoms. The number of nitrogens with zero attached hydrogens (tertiary/aromatic N) is 2. The number of hydrogen-bond donors (Lipinski definition) is 1. The second-order valence-electron chi connectivity index (χ2n) is 12.0. The summed E-state index contributed by atoms with van der Waals surface area (Å²) in [4.78, 5) is 2.22. The molecule has 1 aliphatic rings. The van der Waals surface area contributed by atoms with Crippen molar-refractivity contribution in [3.05, 3.63) is 156 Å². The molecule has 0 saturated carbocycles. The standard InChI is InChI=1S/C41H36N2O5S/c1-2-30(27-41-43(24-25-49(44,45)46)37-29-35(19-21-39(37)48-41)33-16-10-5-11-17-33)26-40-42(23-22-31-12-6-3-7-13-31)36-28-34(18-20-38(36)47-40)32-14-8-4-9-15-32/h3-21,26-29H,2,22-25H2,1H3/p+1. The number of fused-ring (bicyclic) bond motifs is 2. The van der Waals surface area contributed by atoms with E-state index in [1.165, 1.54) is 5.56 Å². The Morgan fingerprint density at radius 3 is 2.08 bits per heavy atom. The Kier molecular flexibility index (Phi) is 9.15. The van der Waals surface area contributed by atoms with Crippen molar-refractivity contribution in [2.45, 2.75) is 26.3 Å². The maximum atomic E-state index is 11.9. The molecule has 1 N–H and O–H groups in total. The molecule has 0 spiro atoms. The molecule has 5 aromatic carbocycles. The van der Waals surface area contributed by atoms with Gasteiger partial charge in [0.1, 0.15) is 5.75 Å². The van der Waals surface area contributed by atoms with E-state index in [9.17, 15) is 13.0 Å². The SMILES string of the molecule is CCC(=Cc1oc2ccc(-c3ccccc3)cc2[n+]1CCS(=O)(=O)O)C=C1Oc2ccc(-c3ccccc3)cc2N1CCc1ccccc1. The van der Waals surface area contributed by atoms with Gasteiger partial charge in [-0.2, -0.15) is 13.0 Å². The molecule has 1 aliphatic heterocycles. The van der Waals surface area contributed by atoms with Crippen LogP contribution >= 0.6 is 0 Å². The molecule has 0 atom stereocenters. The van der Waals surface area contributed by atoms with Gasteiger partial charge in [0, 0.05) is 18.7 Å². The largest absolute Gasteiger partial charge is 0.439 e. The maximum Gasteiger partial charge on any atom is 0.374 e. The van der Waals surface area contributed by atoms with E-state index >= 15 is 0 Å². The van der Waals surface area contributed by atoms with Gasteiger partial charge in [0.05, 0.1) is 11.8 Å². The molecule has 7 rings (SSSR count). The molecule has 6 aromatic rings. The zero-order valence-corrected chi connectivity index (χ0v) is 28.0. The van der Waals surface area contributed by atoms with Crippen LogP contribution in [-0.2, 0) is 23.1 Å². The zero-order chi connectivity index (χ0) is 33.8. The van der Waals surface area contributed by atoms with Crippen LogP contribution in [0.5, 0.6) is 5.75 Å². The van der Waals surface area contributed by atoms with Crippen molar-refractivity contribution in [3.8, 4) is 28.0 Å². The fraction of sp³-hybridized carbons (Fsp3) is 0.146. The fourth-order valence-electron chi connectivity index (χ4n) is 6.15. The molecule has 49 heavy (non-hydrogen) atoms. The van der Waals surface area contributed by atoms with Gasteiger partial charge in [-0.05, 0) is 64.4 Å². The Morgan fingerprint density at radius 2 is 1.43 bits per heavy atom. The van der Waals surface area contributed by atoms with E-state index in [4.69, 9.17) is 9.15 Å². The van der Waals surface area contributed by atoms with Gasteiger partial charge < -0.3 is 14.1 Å². The van der Waals surface area contributed by atoms with Crippen LogP contribution in [0.4, 0.5) is 5.69 Å². The van der Waals surface area contributed by atoms with E-state index in [1.807, 2.05) is 95.6 Å². The van der Waals surface area contributed by atoms with Crippen LogP contribution in [0, 0.1) is 0 Å². The van der Waals surface area contributed by atoms with Gasteiger partial charge in [0.15, 0.2) is 12.3 Å². The molecule has 2 heterocycles. The average Bonchev–Trinajstić information content (AvgIpc) is 3.65. The molecule has 7 nitrogen and oxygen atoms in total. The Morgan fingerprint density at radius 1 is 0.796 bits per heavy atom. The highest BCUT2D eigenvalue weighted by Gasteiger charge is 2.28. The first-order chi connectivity index (χ1) is 23.8. The number of ether oxygens (including phenoxy) is 1. The Balaban J connectivity index is 1.28. The van der Waals surface area contributed by atoms with Gasteiger partial charge in [-0.25, -0.2) is 0 Å². The second kappa shape index (κ2) is 14.0. The molecule has 246 valence electrons. The van der Waals surface area contributed by atoms with E-state index in [0.29, 0.717) is 30.3 Å². The first kappa shape index (κ1) is 32.1. The van der Waals surface area contributed by atoms with Crippen molar-refractivity contribution >= 4 is 33.0 Å². The third-order valence-electron chi connectivity index (χ3n) is 8.74. The van der Waals surface area contributed by atoms with E-state index in [-0.39, 0.29) is 6.54 Å². The van der Waals surface area contributed by atoms with Crippen LogP contribution < -0.4 is 14.2 Å². The minimum Gasteiger partial charge on any atom is -0.439 e. The molecule has 8 heteroatoms. The van der Waals surface area contributed by atoms with E-state index in [1.54, 1.807) is 0 Å². The van der Waals surface area contributed by atoms with Crippen LogP contribution in [0.25, 0.3) is 39.4 Å². The Bertz CT molecular complexity index is 2260. The molecule has 1 aromatic heterocycles. The number of benzene rings is 5. The van der Waals surface area contributed by atoms with Crippen LogP contribution in [0.1, 0.15) is 24.8 Å². The van der Waals surface area contributed by atoms with Crippen LogP contribution in [0.15, 0.2) is 149 Å². The van der Waals surface area contributed by atoms with Crippen molar-refractivity contribution < 1.29 is 26.7 Å². The number of aromatic nitrogens is 1. The second-order valence-corrected chi connectivity index (χ2v) is 13.6. The summed E-state index contributed by atoms with van der Waals surface area (Å²) in [5.74, 6) is 1.53. The highest BCUT2D eigenvalue weighted by atomic mass is 32.2. The Labute approximate surface area is 286 Å². The average molecular weight is 670 g/mol. The van der Waals surface area contributed by atoms with Crippen molar-refractivity contribution in [3.63, 3.8) is 0 Å². The lowest BCUT2D eigenvalue weighted by atomic mass is 10.0. The summed E-state index contributed by atoms with van der Waals surface area (Å²) >= 11 is 0. The Hall–Kier alpha value is -5.44. The molecule has 0 fully saturated rings. The maximum absolute atomic E-state index is 11.9. The summed E-state index contributed by atoms with van der Waals surface area (Å²) in [6.07, 6.45) is 5.44.